The molecule has 17 heavy (non-hydrogen) atoms. The summed E-state index contributed by atoms with van der Waals surface area (Å²) >= 11 is 0. The van der Waals surface area contributed by atoms with E-state index < -0.39 is 12.0 Å². The normalized spacial score (nSPS) is 13.8. The largest absolute Gasteiger partial charge is 0.481 e. The molecule has 0 rings (SSSR count). The second kappa shape index (κ2) is 7.81. The summed E-state index contributed by atoms with van der Waals surface area (Å²) in [5.41, 5.74) is 0. The molecule has 1 unspecified atom stereocenters. The summed E-state index contributed by atoms with van der Waals surface area (Å²) in [6.45, 7) is 5.10. The van der Waals surface area contributed by atoms with Gasteiger partial charge in [-0.2, -0.15) is 0 Å². The number of aliphatic carboxylic acids is 1. The molecule has 0 radical (unpaired) electrons. The summed E-state index contributed by atoms with van der Waals surface area (Å²) in [4.78, 5) is 33.4. The van der Waals surface area contributed by atoms with Crippen LogP contribution in [-0.2, 0) is 14.4 Å². The number of unbranched alkanes of at least 4 members (excludes halogenated alkanes) is 1. The van der Waals surface area contributed by atoms with Crippen LogP contribution in [0.25, 0.3) is 0 Å². The second-order valence-electron chi connectivity index (χ2n) is 4.31. The SMILES string of the molecule is CCCCC(C)C(=O)N[C@@H](CC(=O)O)C(C)=O. The molecule has 0 aliphatic rings. The summed E-state index contributed by atoms with van der Waals surface area (Å²) in [6.07, 6.45) is 2.34. The fourth-order valence-electron chi connectivity index (χ4n) is 1.43. The predicted molar refractivity (Wildman–Crippen MR) is 63.6 cm³/mol. The summed E-state index contributed by atoms with van der Waals surface area (Å²) < 4.78 is 0. The van der Waals surface area contributed by atoms with Crippen molar-refractivity contribution in [1.29, 1.82) is 0 Å². The van der Waals surface area contributed by atoms with Crippen LogP contribution in [0, 0.1) is 5.92 Å². The van der Waals surface area contributed by atoms with E-state index >= 15 is 0 Å². The number of carbonyl (C=O) groups is 3. The average Bonchev–Trinajstić information content (AvgIpc) is 2.23. The molecule has 0 aromatic heterocycles. The number of amides is 1. The van der Waals surface area contributed by atoms with Gasteiger partial charge in [-0.15, -0.1) is 0 Å². The zero-order valence-corrected chi connectivity index (χ0v) is 10.7. The monoisotopic (exact) mass is 243 g/mol. The number of nitrogens with one attached hydrogen (secondary N) is 1. The average molecular weight is 243 g/mol. The first-order valence-corrected chi connectivity index (χ1v) is 5.91. The summed E-state index contributed by atoms with van der Waals surface area (Å²) in [5.74, 6) is -1.86. The van der Waals surface area contributed by atoms with Gasteiger partial charge >= 0.3 is 5.97 Å². The summed E-state index contributed by atoms with van der Waals surface area (Å²) in [5, 5.41) is 11.1. The van der Waals surface area contributed by atoms with E-state index in [4.69, 9.17) is 5.11 Å². The van der Waals surface area contributed by atoms with Crippen molar-refractivity contribution >= 4 is 17.7 Å². The number of carboxylic acid groups (broad SMARTS) is 1. The van der Waals surface area contributed by atoms with E-state index in [0.717, 1.165) is 19.3 Å². The minimum Gasteiger partial charge on any atom is -0.481 e. The lowest BCUT2D eigenvalue weighted by atomic mass is 10.0. The van der Waals surface area contributed by atoms with E-state index in [0.29, 0.717) is 0 Å². The van der Waals surface area contributed by atoms with Gasteiger partial charge in [-0.3, -0.25) is 14.4 Å². The highest BCUT2D eigenvalue weighted by molar-refractivity contribution is 5.91. The Balaban J connectivity index is 4.29. The van der Waals surface area contributed by atoms with Gasteiger partial charge in [-0.05, 0) is 13.3 Å². The van der Waals surface area contributed by atoms with E-state index in [-0.39, 0.29) is 24.0 Å². The molecule has 0 aromatic carbocycles. The Morgan fingerprint density at radius 3 is 2.29 bits per heavy atom. The molecule has 2 N–H and O–H groups in total. The van der Waals surface area contributed by atoms with Crippen molar-refractivity contribution in [2.75, 3.05) is 0 Å². The van der Waals surface area contributed by atoms with Gasteiger partial charge in [0, 0.05) is 5.92 Å². The van der Waals surface area contributed by atoms with Crippen molar-refractivity contribution in [3.05, 3.63) is 0 Å². The fraction of sp³-hybridized carbons (Fsp3) is 0.750. The molecule has 2 atom stereocenters. The van der Waals surface area contributed by atoms with E-state index in [9.17, 15) is 14.4 Å². The van der Waals surface area contributed by atoms with Gasteiger partial charge in [0.1, 0.15) is 0 Å². The molecule has 0 bridgehead atoms. The lowest BCUT2D eigenvalue weighted by molar-refractivity contribution is -0.140. The van der Waals surface area contributed by atoms with Crippen LogP contribution in [-0.4, -0.2) is 28.8 Å². The van der Waals surface area contributed by atoms with Crippen LogP contribution >= 0.6 is 0 Å². The molecule has 1 amide bonds. The Kier molecular flexibility index (Phi) is 7.18. The van der Waals surface area contributed by atoms with Crippen molar-refractivity contribution in [3.63, 3.8) is 0 Å². The molecule has 0 fully saturated rings. The third-order valence-electron chi connectivity index (χ3n) is 2.62. The van der Waals surface area contributed by atoms with Gasteiger partial charge in [-0.1, -0.05) is 26.7 Å². The molecule has 0 aliphatic heterocycles. The summed E-state index contributed by atoms with van der Waals surface area (Å²) in [7, 11) is 0. The van der Waals surface area contributed by atoms with Gasteiger partial charge in [-0.25, -0.2) is 0 Å². The highest BCUT2D eigenvalue weighted by atomic mass is 16.4. The van der Waals surface area contributed by atoms with E-state index in [1.807, 2.05) is 6.92 Å². The standard InChI is InChI=1S/C12H21NO4/c1-4-5-6-8(2)12(17)13-10(9(3)14)7-11(15)16/h8,10H,4-7H2,1-3H3,(H,13,17)(H,15,16)/t8?,10-/m0/s1. The van der Waals surface area contributed by atoms with Crippen molar-refractivity contribution in [1.82, 2.24) is 5.32 Å². The second-order valence-corrected chi connectivity index (χ2v) is 4.31. The van der Waals surface area contributed by atoms with Crippen molar-refractivity contribution in [3.8, 4) is 0 Å². The van der Waals surface area contributed by atoms with Gasteiger partial charge < -0.3 is 10.4 Å². The van der Waals surface area contributed by atoms with Crippen LogP contribution in [0.3, 0.4) is 0 Å². The molecule has 5 nitrogen and oxygen atoms in total. The number of carbonyl (C=O) groups excluding carboxylic acids is 2. The Morgan fingerprint density at radius 1 is 1.29 bits per heavy atom. The Labute approximate surface area is 102 Å². The van der Waals surface area contributed by atoms with E-state index in [2.05, 4.69) is 5.32 Å². The minimum absolute atomic E-state index is 0.189. The molecule has 5 heteroatoms. The Morgan fingerprint density at radius 2 is 1.88 bits per heavy atom. The van der Waals surface area contributed by atoms with Crippen LogP contribution in [0.1, 0.15) is 46.5 Å². The van der Waals surface area contributed by atoms with Gasteiger partial charge in [0.05, 0.1) is 12.5 Å². The van der Waals surface area contributed by atoms with E-state index in [1.165, 1.54) is 6.92 Å². The molecule has 0 spiro atoms. The van der Waals surface area contributed by atoms with Gasteiger partial charge in [0.2, 0.25) is 5.91 Å². The molecule has 0 saturated carbocycles. The molecule has 0 saturated heterocycles. The first kappa shape index (κ1) is 15.6. The first-order chi connectivity index (χ1) is 7.88. The molecule has 98 valence electrons. The molecule has 0 aliphatic carbocycles. The highest BCUT2D eigenvalue weighted by Crippen LogP contribution is 2.08. The van der Waals surface area contributed by atoms with Crippen molar-refractivity contribution in [2.45, 2.75) is 52.5 Å². The maximum absolute atomic E-state index is 11.7. The fourth-order valence-corrected chi connectivity index (χ4v) is 1.43. The van der Waals surface area contributed by atoms with Crippen molar-refractivity contribution in [2.24, 2.45) is 5.92 Å². The molecular weight excluding hydrogens is 222 g/mol. The lowest BCUT2D eigenvalue weighted by Gasteiger charge is -2.17. The zero-order valence-electron chi connectivity index (χ0n) is 10.7. The smallest absolute Gasteiger partial charge is 0.305 e. The van der Waals surface area contributed by atoms with Crippen LogP contribution in [0.15, 0.2) is 0 Å². The quantitative estimate of drug-likeness (QED) is 0.674. The van der Waals surface area contributed by atoms with Crippen LogP contribution in [0.5, 0.6) is 0 Å². The topological polar surface area (TPSA) is 83.5 Å². The maximum atomic E-state index is 11.7. The molecular formula is C12H21NO4. The molecule has 0 aromatic rings. The Hall–Kier alpha value is -1.39. The number of carboxylic acids is 1. The first-order valence-electron chi connectivity index (χ1n) is 5.91. The van der Waals surface area contributed by atoms with Crippen molar-refractivity contribution < 1.29 is 19.5 Å². The third-order valence-corrected chi connectivity index (χ3v) is 2.62. The number of hydrogen-bond donors (Lipinski definition) is 2. The maximum Gasteiger partial charge on any atom is 0.305 e. The van der Waals surface area contributed by atoms with E-state index in [1.54, 1.807) is 6.92 Å². The number of Topliss-reactive ketones (excluding diaryl/α,β-unsaturated/α-hetero) is 1. The summed E-state index contributed by atoms with van der Waals surface area (Å²) in [6, 6.07) is -0.913. The van der Waals surface area contributed by atoms with Crippen LogP contribution in [0.4, 0.5) is 0 Å². The highest BCUT2D eigenvalue weighted by Gasteiger charge is 2.22. The minimum atomic E-state index is -1.09. The predicted octanol–water partition coefficient (Wildman–Crippen LogP) is 1.36. The zero-order chi connectivity index (χ0) is 13.4. The Bertz CT molecular complexity index is 288. The number of hydrogen-bond acceptors (Lipinski definition) is 3. The third kappa shape index (κ3) is 6.71. The molecule has 0 heterocycles. The number of rotatable bonds is 8. The van der Waals surface area contributed by atoms with Gasteiger partial charge in [0.25, 0.3) is 0 Å². The van der Waals surface area contributed by atoms with Crippen LogP contribution < -0.4 is 5.32 Å². The van der Waals surface area contributed by atoms with Gasteiger partial charge in [0.15, 0.2) is 5.78 Å². The van der Waals surface area contributed by atoms with Crippen LogP contribution in [0.2, 0.25) is 0 Å². The number of ketones is 1. The lowest BCUT2D eigenvalue weighted by Crippen LogP contribution is -2.43.